The van der Waals surface area contributed by atoms with Crippen LogP contribution in [0.5, 0.6) is 0 Å². The van der Waals surface area contributed by atoms with Crippen molar-refractivity contribution in [3.63, 3.8) is 0 Å². The first kappa shape index (κ1) is 15.3. The van der Waals surface area contributed by atoms with Crippen LogP contribution in [0.1, 0.15) is 34.0 Å². The highest BCUT2D eigenvalue weighted by molar-refractivity contribution is 7.11. The maximum absolute atomic E-state index is 4.75. The fourth-order valence-corrected chi connectivity index (χ4v) is 4.10. The molecule has 0 saturated heterocycles. The third kappa shape index (κ3) is 3.03. The molecule has 0 spiro atoms. The lowest BCUT2D eigenvalue weighted by molar-refractivity contribution is 0.681. The Morgan fingerprint density at radius 1 is 1.21 bits per heavy atom. The Bertz CT molecular complexity index is 842. The molecule has 7 heteroatoms. The molecule has 0 aromatic carbocycles. The molecular weight excluding hydrogens is 320 g/mol. The Balaban J connectivity index is 1.51. The Labute approximate surface area is 145 Å². The Hall–Kier alpha value is -2.28. The number of fused-ring (bicyclic) bond motifs is 1. The van der Waals surface area contributed by atoms with Gasteiger partial charge >= 0.3 is 0 Å². The largest absolute Gasteiger partial charge is 0.348 e. The average molecular weight is 340 g/mol. The summed E-state index contributed by atoms with van der Waals surface area (Å²) in [5.41, 5.74) is 4.26. The van der Waals surface area contributed by atoms with Crippen LogP contribution in [0.3, 0.4) is 0 Å². The Morgan fingerprint density at radius 2 is 2.08 bits per heavy atom. The van der Waals surface area contributed by atoms with Crippen molar-refractivity contribution in [3.8, 4) is 11.3 Å². The SMILES string of the molecule is Cc1cnc(NCc2nc3c(s2)CCCC3)nc1-c1cnn(C)c1. The monoisotopic (exact) mass is 340 g/mol. The van der Waals surface area contributed by atoms with Crippen molar-refractivity contribution in [2.24, 2.45) is 7.05 Å². The van der Waals surface area contributed by atoms with Crippen molar-refractivity contribution < 1.29 is 0 Å². The summed E-state index contributed by atoms with van der Waals surface area (Å²) in [5.74, 6) is 0.632. The highest BCUT2D eigenvalue weighted by Gasteiger charge is 2.15. The van der Waals surface area contributed by atoms with Gasteiger partial charge in [-0.1, -0.05) is 0 Å². The fraction of sp³-hybridized carbons (Fsp3) is 0.412. The summed E-state index contributed by atoms with van der Waals surface area (Å²) in [4.78, 5) is 15.3. The molecule has 0 radical (unpaired) electrons. The van der Waals surface area contributed by atoms with E-state index in [1.54, 1.807) is 4.68 Å². The van der Waals surface area contributed by atoms with E-state index in [1.807, 2.05) is 43.9 Å². The molecule has 0 bridgehead atoms. The molecule has 4 rings (SSSR count). The average Bonchev–Trinajstić information content (AvgIpc) is 3.19. The molecule has 0 fully saturated rings. The third-order valence-corrected chi connectivity index (χ3v) is 5.40. The van der Waals surface area contributed by atoms with Gasteiger partial charge in [-0.25, -0.2) is 15.0 Å². The van der Waals surface area contributed by atoms with Gasteiger partial charge in [0.25, 0.3) is 0 Å². The number of rotatable bonds is 4. The maximum atomic E-state index is 4.75. The van der Waals surface area contributed by atoms with Crippen LogP contribution in [0.2, 0.25) is 0 Å². The number of hydrogen-bond donors (Lipinski definition) is 1. The summed E-state index contributed by atoms with van der Waals surface area (Å²) in [6.07, 6.45) is 10.5. The van der Waals surface area contributed by atoms with Crippen LogP contribution in [-0.4, -0.2) is 24.7 Å². The fourth-order valence-electron chi connectivity index (χ4n) is 3.00. The number of nitrogens with zero attached hydrogens (tertiary/aromatic N) is 5. The van der Waals surface area contributed by atoms with Gasteiger partial charge in [0.1, 0.15) is 5.01 Å². The second kappa shape index (κ2) is 6.32. The Kier molecular flexibility index (Phi) is 4.02. The van der Waals surface area contributed by atoms with Gasteiger partial charge in [0.15, 0.2) is 0 Å². The first-order valence-corrected chi connectivity index (χ1v) is 9.04. The van der Waals surface area contributed by atoms with Crippen LogP contribution in [0.25, 0.3) is 11.3 Å². The second-order valence-corrected chi connectivity index (χ2v) is 7.33. The topological polar surface area (TPSA) is 68.5 Å². The van der Waals surface area contributed by atoms with Crippen molar-refractivity contribution in [1.29, 1.82) is 0 Å². The summed E-state index contributed by atoms with van der Waals surface area (Å²) in [6.45, 7) is 2.69. The van der Waals surface area contributed by atoms with Crippen molar-refractivity contribution in [2.45, 2.75) is 39.2 Å². The van der Waals surface area contributed by atoms with Crippen molar-refractivity contribution in [2.75, 3.05) is 5.32 Å². The summed E-state index contributed by atoms with van der Waals surface area (Å²) >= 11 is 1.82. The number of anilines is 1. The smallest absolute Gasteiger partial charge is 0.223 e. The Morgan fingerprint density at radius 3 is 2.88 bits per heavy atom. The van der Waals surface area contributed by atoms with E-state index >= 15 is 0 Å². The number of nitrogens with one attached hydrogen (secondary N) is 1. The van der Waals surface area contributed by atoms with Gasteiger partial charge < -0.3 is 5.32 Å². The lowest BCUT2D eigenvalue weighted by Gasteiger charge is -2.07. The van der Waals surface area contributed by atoms with Crippen LogP contribution < -0.4 is 5.32 Å². The van der Waals surface area contributed by atoms with Crippen molar-refractivity contribution in [1.82, 2.24) is 24.7 Å². The van der Waals surface area contributed by atoms with Gasteiger partial charge in [-0.05, 0) is 38.2 Å². The van der Waals surface area contributed by atoms with Crippen LogP contribution in [-0.2, 0) is 26.4 Å². The van der Waals surface area contributed by atoms with E-state index < -0.39 is 0 Å². The van der Waals surface area contributed by atoms with Crippen LogP contribution in [0, 0.1) is 6.92 Å². The zero-order valence-corrected chi connectivity index (χ0v) is 14.7. The number of hydrogen-bond acceptors (Lipinski definition) is 6. The van der Waals surface area contributed by atoms with Crippen LogP contribution in [0.15, 0.2) is 18.6 Å². The van der Waals surface area contributed by atoms with E-state index in [0.717, 1.165) is 28.2 Å². The summed E-state index contributed by atoms with van der Waals surface area (Å²) in [7, 11) is 1.91. The van der Waals surface area contributed by atoms with E-state index in [-0.39, 0.29) is 0 Å². The van der Waals surface area contributed by atoms with Gasteiger partial charge in [-0.15, -0.1) is 11.3 Å². The van der Waals surface area contributed by atoms with E-state index in [2.05, 4.69) is 20.4 Å². The first-order chi connectivity index (χ1) is 11.7. The lowest BCUT2D eigenvalue weighted by atomic mass is 10.0. The summed E-state index contributed by atoms with van der Waals surface area (Å²) in [6, 6.07) is 0. The van der Waals surface area contributed by atoms with Gasteiger partial charge in [-0.2, -0.15) is 5.10 Å². The van der Waals surface area contributed by atoms with Crippen molar-refractivity contribution >= 4 is 17.3 Å². The van der Waals surface area contributed by atoms with E-state index in [1.165, 1.54) is 29.8 Å². The first-order valence-electron chi connectivity index (χ1n) is 8.23. The molecule has 124 valence electrons. The van der Waals surface area contributed by atoms with Gasteiger partial charge in [0.2, 0.25) is 5.95 Å². The summed E-state index contributed by atoms with van der Waals surface area (Å²) < 4.78 is 1.78. The molecule has 1 aliphatic rings. The van der Waals surface area contributed by atoms with E-state index in [0.29, 0.717) is 12.5 Å². The number of aromatic nitrogens is 5. The van der Waals surface area contributed by atoms with E-state index in [4.69, 9.17) is 4.98 Å². The molecule has 3 aromatic heterocycles. The van der Waals surface area contributed by atoms with Gasteiger partial charge in [-0.3, -0.25) is 4.68 Å². The summed E-state index contributed by atoms with van der Waals surface area (Å²) in [5, 5.41) is 8.65. The maximum Gasteiger partial charge on any atom is 0.223 e. The van der Waals surface area contributed by atoms with Gasteiger partial charge in [0, 0.05) is 29.9 Å². The predicted molar refractivity (Wildman–Crippen MR) is 95.1 cm³/mol. The van der Waals surface area contributed by atoms with Gasteiger partial charge in [0.05, 0.1) is 24.1 Å². The molecule has 3 heterocycles. The molecule has 1 N–H and O–H groups in total. The van der Waals surface area contributed by atoms with Crippen molar-refractivity contribution in [3.05, 3.63) is 39.7 Å². The normalized spacial score (nSPS) is 13.8. The van der Waals surface area contributed by atoms with Crippen LogP contribution >= 0.6 is 11.3 Å². The molecule has 0 amide bonds. The standard InChI is InChI=1S/C17H20N6S/c1-11-7-18-17(22-16(11)12-8-20-23(2)10-12)19-9-15-21-13-5-3-4-6-14(13)24-15/h7-8,10H,3-6,9H2,1-2H3,(H,18,19,22). The molecule has 3 aromatic rings. The minimum absolute atomic E-state index is 0.632. The third-order valence-electron chi connectivity index (χ3n) is 4.24. The molecule has 0 saturated carbocycles. The molecule has 0 unspecified atom stereocenters. The minimum atomic E-state index is 0.632. The molecule has 0 aliphatic heterocycles. The zero-order chi connectivity index (χ0) is 16.5. The second-order valence-electron chi connectivity index (χ2n) is 6.17. The highest BCUT2D eigenvalue weighted by atomic mass is 32.1. The molecule has 6 nitrogen and oxygen atoms in total. The predicted octanol–water partition coefficient (Wildman–Crippen LogP) is 3.13. The molecule has 24 heavy (non-hydrogen) atoms. The lowest BCUT2D eigenvalue weighted by Crippen LogP contribution is -2.05. The molecule has 1 aliphatic carbocycles. The highest BCUT2D eigenvalue weighted by Crippen LogP contribution is 2.27. The molecule has 0 atom stereocenters. The van der Waals surface area contributed by atoms with Crippen LogP contribution in [0.4, 0.5) is 5.95 Å². The quantitative estimate of drug-likeness (QED) is 0.790. The zero-order valence-electron chi connectivity index (χ0n) is 13.9. The number of aryl methyl sites for hydroxylation is 4. The number of thiazole rings is 1. The van der Waals surface area contributed by atoms with E-state index in [9.17, 15) is 0 Å². The minimum Gasteiger partial charge on any atom is -0.348 e. The molecular formula is C17H20N6S.